The van der Waals surface area contributed by atoms with Crippen LogP contribution in [0.3, 0.4) is 0 Å². The first kappa shape index (κ1) is 16.0. The Morgan fingerprint density at radius 2 is 1.23 bits per heavy atom. The lowest BCUT2D eigenvalue weighted by molar-refractivity contribution is 0.385. The lowest BCUT2D eigenvalue weighted by Crippen LogP contribution is -2.00. The molecule has 2 rings (SSSR count). The van der Waals surface area contributed by atoms with Gasteiger partial charge in [0.05, 0.1) is 28.4 Å². The van der Waals surface area contributed by atoms with E-state index in [1.54, 1.807) is 28.4 Å². The van der Waals surface area contributed by atoms with E-state index in [1.165, 1.54) is 0 Å². The third-order valence-corrected chi connectivity index (χ3v) is 3.60. The van der Waals surface area contributed by atoms with Crippen LogP contribution in [0.4, 0.5) is 0 Å². The lowest BCUT2D eigenvalue weighted by Gasteiger charge is -2.13. The standard InChI is InChI=1S/C18H22O4/c1-19-14-10-13(11-15(12-14)20-2)8-9-16-17(21-3)6-5-7-18(16)22-4/h5-7,10-12H,8-9H2,1-4H3. The third kappa shape index (κ3) is 3.64. The maximum absolute atomic E-state index is 5.44. The van der Waals surface area contributed by atoms with Crippen molar-refractivity contribution in [2.45, 2.75) is 12.8 Å². The molecule has 0 heterocycles. The van der Waals surface area contributed by atoms with E-state index in [2.05, 4.69) is 0 Å². The Bertz CT molecular complexity index is 578. The van der Waals surface area contributed by atoms with Gasteiger partial charge in [-0.05, 0) is 42.7 Å². The normalized spacial score (nSPS) is 10.2. The summed E-state index contributed by atoms with van der Waals surface area (Å²) in [7, 11) is 6.66. The van der Waals surface area contributed by atoms with E-state index in [0.29, 0.717) is 0 Å². The molecule has 0 unspecified atom stereocenters. The van der Waals surface area contributed by atoms with Crippen molar-refractivity contribution in [3.8, 4) is 23.0 Å². The molecular formula is C18H22O4. The van der Waals surface area contributed by atoms with Crippen LogP contribution in [0.25, 0.3) is 0 Å². The van der Waals surface area contributed by atoms with Crippen molar-refractivity contribution in [3.05, 3.63) is 47.5 Å². The summed E-state index contributed by atoms with van der Waals surface area (Å²) < 4.78 is 21.5. The summed E-state index contributed by atoms with van der Waals surface area (Å²) in [5, 5.41) is 0. The van der Waals surface area contributed by atoms with Crippen molar-refractivity contribution in [2.75, 3.05) is 28.4 Å². The molecule has 0 atom stereocenters. The van der Waals surface area contributed by atoms with Crippen LogP contribution >= 0.6 is 0 Å². The van der Waals surface area contributed by atoms with E-state index in [0.717, 1.165) is 47.0 Å². The minimum Gasteiger partial charge on any atom is -0.497 e. The topological polar surface area (TPSA) is 36.9 Å². The Morgan fingerprint density at radius 1 is 0.682 bits per heavy atom. The van der Waals surface area contributed by atoms with Crippen LogP contribution in [0.1, 0.15) is 11.1 Å². The fourth-order valence-corrected chi connectivity index (χ4v) is 2.45. The van der Waals surface area contributed by atoms with Crippen LogP contribution in [0, 0.1) is 0 Å². The van der Waals surface area contributed by atoms with Crippen LogP contribution in [0.5, 0.6) is 23.0 Å². The van der Waals surface area contributed by atoms with Gasteiger partial charge >= 0.3 is 0 Å². The predicted molar refractivity (Wildman–Crippen MR) is 86.5 cm³/mol. The summed E-state index contributed by atoms with van der Waals surface area (Å²) in [5.41, 5.74) is 2.21. The zero-order valence-electron chi connectivity index (χ0n) is 13.5. The summed E-state index contributed by atoms with van der Waals surface area (Å²) in [6.07, 6.45) is 1.65. The lowest BCUT2D eigenvalue weighted by atomic mass is 10.0. The third-order valence-electron chi connectivity index (χ3n) is 3.60. The number of ether oxygens (including phenoxy) is 4. The number of hydrogen-bond acceptors (Lipinski definition) is 4. The van der Waals surface area contributed by atoms with Gasteiger partial charge in [-0.1, -0.05) is 6.07 Å². The average molecular weight is 302 g/mol. The molecule has 0 aliphatic heterocycles. The Morgan fingerprint density at radius 3 is 1.68 bits per heavy atom. The van der Waals surface area contributed by atoms with E-state index in [9.17, 15) is 0 Å². The molecule has 0 N–H and O–H groups in total. The van der Waals surface area contributed by atoms with Gasteiger partial charge in [0.25, 0.3) is 0 Å². The minimum absolute atomic E-state index is 0.793. The maximum Gasteiger partial charge on any atom is 0.125 e. The molecule has 0 amide bonds. The van der Waals surface area contributed by atoms with E-state index < -0.39 is 0 Å². The second-order valence-corrected chi connectivity index (χ2v) is 4.86. The fraction of sp³-hybridized carbons (Fsp3) is 0.333. The quantitative estimate of drug-likeness (QED) is 0.784. The van der Waals surface area contributed by atoms with Crippen molar-refractivity contribution in [1.82, 2.24) is 0 Å². The van der Waals surface area contributed by atoms with Gasteiger partial charge in [-0.2, -0.15) is 0 Å². The van der Waals surface area contributed by atoms with Crippen molar-refractivity contribution < 1.29 is 18.9 Å². The molecule has 0 saturated carbocycles. The number of methoxy groups -OCH3 is 4. The molecule has 0 bridgehead atoms. The molecule has 0 aliphatic rings. The molecule has 2 aromatic rings. The van der Waals surface area contributed by atoms with Crippen LogP contribution in [0.2, 0.25) is 0 Å². The summed E-state index contributed by atoms with van der Waals surface area (Å²) in [6, 6.07) is 11.7. The second kappa shape index (κ2) is 7.59. The molecule has 0 saturated heterocycles. The zero-order chi connectivity index (χ0) is 15.9. The van der Waals surface area contributed by atoms with Crippen molar-refractivity contribution >= 4 is 0 Å². The zero-order valence-corrected chi connectivity index (χ0v) is 13.5. The Kier molecular flexibility index (Phi) is 5.53. The summed E-state index contributed by atoms with van der Waals surface area (Å²) in [5.74, 6) is 3.27. The molecule has 0 aliphatic carbocycles. The van der Waals surface area contributed by atoms with Gasteiger partial charge in [-0.25, -0.2) is 0 Å². The highest BCUT2D eigenvalue weighted by Gasteiger charge is 2.10. The van der Waals surface area contributed by atoms with Crippen molar-refractivity contribution in [1.29, 1.82) is 0 Å². The monoisotopic (exact) mass is 302 g/mol. The van der Waals surface area contributed by atoms with Crippen LogP contribution < -0.4 is 18.9 Å². The number of hydrogen-bond donors (Lipinski definition) is 0. The van der Waals surface area contributed by atoms with Crippen molar-refractivity contribution in [3.63, 3.8) is 0 Å². The molecule has 2 aromatic carbocycles. The molecule has 22 heavy (non-hydrogen) atoms. The highest BCUT2D eigenvalue weighted by atomic mass is 16.5. The number of aryl methyl sites for hydroxylation is 1. The summed E-state index contributed by atoms with van der Waals surface area (Å²) in [6.45, 7) is 0. The highest BCUT2D eigenvalue weighted by molar-refractivity contribution is 5.46. The summed E-state index contributed by atoms with van der Waals surface area (Å²) >= 11 is 0. The molecule has 0 spiro atoms. The first-order valence-electron chi connectivity index (χ1n) is 7.13. The molecular weight excluding hydrogens is 280 g/mol. The van der Waals surface area contributed by atoms with E-state index in [4.69, 9.17) is 18.9 Å². The first-order valence-corrected chi connectivity index (χ1v) is 7.13. The first-order chi connectivity index (χ1) is 10.7. The van der Waals surface area contributed by atoms with Gasteiger partial charge < -0.3 is 18.9 Å². The fourth-order valence-electron chi connectivity index (χ4n) is 2.45. The van der Waals surface area contributed by atoms with Gasteiger partial charge in [0.2, 0.25) is 0 Å². The van der Waals surface area contributed by atoms with E-state index in [1.807, 2.05) is 36.4 Å². The van der Waals surface area contributed by atoms with Gasteiger partial charge in [0, 0.05) is 11.6 Å². The second-order valence-electron chi connectivity index (χ2n) is 4.86. The Balaban J connectivity index is 2.23. The van der Waals surface area contributed by atoms with Crippen LogP contribution in [-0.2, 0) is 12.8 Å². The predicted octanol–water partition coefficient (Wildman–Crippen LogP) is 3.51. The molecule has 118 valence electrons. The highest BCUT2D eigenvalue weighted by Crippen LogP contribution is 2.30. The largest absolute Gasteiger partial charge is 0.497 e. The SMILES string of the molecule is COc1cc(CCc2c(OC)cccc2OC)cc(OC)c1. The molecule has 0 radical (unpaired) electrons. The van der Waals surface area contributed by atoms with Gasteiger partial charge in [-0.15, -0.1) is 0 Å². The molecule has 0 fully saturated rings. The smallest absolute Gasteiger partial charge is 0.125 e. The molecule has 4 heteroatoms. The number of benzene rings is 2. The number of rotatable bonds is 7. The molecule has 0 aromatic heterocycles. The van der Waals surface area contributed by atoms with Gasteiger partial charge in [0.15, 0.2) is 0 Å². The summed E-state index contributed by atoms with van der Waals surface area (Å²) in [4.78, 5) is 0. The molecule has 4 nitrogen and oxygen atoms in total. The van der Waals surface area contributed by atoms with Crippen LogP contribution in [-0.4, -0.2) is 28.4 Å². The maximum atomic E-state index is 5.44. The minimum atomic E-state index is 0.793. The van der Waals surface area contributed by atoms with Crippen molar-refractivity contribution in [2.24, 2.45) is 0 Å². The average Bonchev–Trinajstić information content (AvgIpc) is 2.58. The van der Waals surface area contributed by atoms with Gasteiger partial charge in [-0.3, -0.25) is 0 Å². The Hall–Kier alpha value is -2.36. The van der Waals surface area contributed by atoms with Crippen LogP contribution in [0.15, 0.2) is 36.4 Å². The van der Waals surface area contributed by atoms with Gasteiger partial charge in [0.1, 0.15) is 23.0 Å². The van der Waals surface area contributed by atoms with E-state index in [-0.39, 0.29) is 0 Å². The Labute approximate surface area is 131 Å². The van der Waals surface area contributed by atoms with E-state index >= 15 is 0 Å².